The van der Waals surface area contributed by atoms with Gasteiger partial charge in [-0.25, -0.2) is 0 Å². The van der Waals surface area contributed by atoms with Crippen LogP contribution in [0.3, 0.4) is 0 Å². The molecule has 1 aromatic rings. The number of methoxy groups -OCH3 is 2. The van der Waals surface area contributed by atoms with Crippen molar-refractivity contribution < 1.29 is 14.3 Å². The molecule has 0 bridgehead atoms. The van der Waals surface area contributed by atoms with E-state index in [1.54, 1.807) is 20.3 Å². The van der Waals surface area contributed by atoms with E-state index in [1.165, 1.54) is 0 Å². The highest BCUT2D eigenvalue weighted by Crippen LogP contribution is 2.15. The van der Waals surface area contributed by atoms with E-state index in [0.717, 1.165) is 5.56 Å². The Balaban J connectivity index is 2.50. The summed E-state index contributed by atoms with van der Waals surface area (Å²) < 4.78 is 10.4. The molecule has 106 valence electrons. The second-order valence-corrected chi connectivity index (χ2v) is 5.04. The van der Waals surface area contributed by atoms with Crippen molar-refractivity contribution in [2.24, 2.45) is 0 Å². The summed E-state index contributed by atoms with van der Waals surface area (Å²) in [4.78, 5) is 11.9. The normalized spacial score (nSPS) is 13.9. The van der Waals surface area contributed by atoms with Crippen LogP contribution in [0, 0.1) is 0 Å². The van der Waals surface area contributed by atoms with Crippen LogP contribution in [0.25, 0.3) is 0 Å². The van der Waals surface area contributed by atoms with E-state index in [0.29, 0.717) is 18.2 Å². The van der Waals surface area contributed by atoms with Gasteiger partial charge in [0, 0.05) is 25.8 Å². The predicted octanol–water partition coefficient (Wildman–Crippen LogP) is 2.05. The number of carbonyl (C=O) groups is 1. The van der Waals surface area contributed by atoms with E-state index in [9.17, 15) is 4.79 Å². The van der Waals surface area contributed by atoms with Crippen molar-refractivity contribution in [3.63, 3.8) is 0 Å². The quantitative estimate of drug-likeness (QED) is 0.834. The van der Waals surface area contributed by atoms with E-state index < -0.39 is 5.60 Å². The maximum atomic E-state index is 11.9. The Hall–Kier alpha value is -1.10. The molecule has 1 amide bonds. The van der Waals surface area contributed by atoms with E-state index in [1.807, 2.05) is 25.1 Å². The van der Waals surface area contributed by atoms with Crippen molar-refractivity contribution in [1.29, 1.82) is 0 Å². The first kappa shape index (κ1) is 16.0. The molecule has 0 saturated carbocycles. The Labute approximate surface area is 119 Å². The smallest absolute Gasteiger partial charge is 0.224 e. The third kappa shape index (κ3) is 5.19. The van der Waals surface area contributed by atoms with Crippen molar-refractivity contribution in [3.8, 4) is 0 Å². The van der Waals surface area contributed by atoms with E-state index in [2.05, 4.69) is 5.32 Å². The van der Waals surface area contributed by atoms with Crippen molar-refractivity contribution in [1.82, 2.24) is 5.32 Å². The molecule has 5 heteroatoms. The summed E-state index contributed by atoms with van der Waals surface area (Å²) in [5, 5.41) is 3.43. The van der Waals surface area contributed by atoms with Gasteiger partial charge in [0.05, 0.1) is 13.0 Å². The first-order valence-electron chi connectivity index (χ1n) is 6.05. The molecule has 1 aromatic carbocycles. The topological polar surface area (TPSA) is 47.6 Å². The fraction of sp³-hybridized carbons (Fsp3) is 0.500. The van der Waals surface area contributed by atoms with Crippen LogP contribution in [-0.2, 0) is 20.7 Å². The lowest BCUT2D eigenvalue weighted by molar-refractivity contribution is -0.122. The first-order chi connectivity index (χ1) is 9.00. The minimum atomic E-state index is -0.523. The number of ether oxygens (including phenoxy) is 2. The Morgan fingerprint density at radius 2 is 2.05 bits per heavy atom. The van der Waals surface area contributed by atoms with Crippen LogP contribution in [-0.4, -0.2) is 38.9 Å². The molecule has 0 saturated heterocycles. The predicted molar refractivity (Wildman–Crippen MR) is 75.5 cm³/mol. The number of nitrogens with one attached hydrogen (secondary N) is 1. The second-order valence-electron chi connectivity index (χ2n) is 4.63. The summed E-state index contributed by atoms with van der Waals surface area (Å²) in [5.74, 6) is -0.0903. The molecule has 4 nitrogen and oxygen atoms in total. The molecule has 0 fully saturated rings. The molecule has 19 heavy (non-hydrogen) atoms. The van der Waals surface area contributed by atoms with Crippen molar-refractivity contribution in [2.75, 3.05) is 27.4 Å². The van der Waals surface area contributed by atoms with Crippen LogP contribution in [0.15, 0.2) is 24.3 Å². The molecule has 0 aromatic heterocycles. The summed E-state index contributed by atoms with van der Waals surface area (Å²) in [6.07, 6.45) is 0.256. The molecule has 0 aliphatic rings. The Kier molecular flexibility index (Phi) is 6.28. The van der Waals surface area contributed by atoms with Gasteiger partial charge in [0.2, 0.25) is 5.91 Å². The van der Waals surface area contributed by atoms with Gasteiger partial charge < -0.3 is 14.8 Å². The number of hydrogen-bond donors (Lipinski definition) is 1. The number of benzene rings is 1. The van der Waals surface area contributed by atoms with Gasteiger partial charge in [-0.15, -0.1) is 0 Å². The fourth-order valence-electron chi connectivity index (χ4n) is 1.65. The van der Waals surface area contributed by atoms with Gasteiger partial charge in [-0.05, 0) is 18.6 Å². The summed E-state index contributed by atoms with van der Waals surface area (Å²) in [5.41, 5.74) is 0.290. The third-order valence-corrected chi connectivity index (χ3v) is 3.28. The summed E-state index contributed by atoms with van der Waals surface area (Å²) in [7, 11) is 3.20. The molecular weight excluding hydrogens is 266 g/mol. The van der Waals surface area contributed by atoms with Crippen LogP contribution in [0.4, 0.5) is 0 Å². The molecule has 0 aliphatic carbocycles. The summed E-state index contributed by atoms with van der Waals surface area (Å²) in [6.45, 7) is 2.68. The van der Waals surface area contributed by atoms with Crippen molar-refractivity contribution in [2.45, 2.75) is 18.9 Å². The van der Waals surface area contributed by atoms with E-state index >= 15 is 0 Å². The van der Waals surface area contributed by atoms with Gasteiger partial charge in [-0.1, -0.05) is 29.8 Å². The average Bonchev–Trinajstić information content (AvgIpc) is 2.40. The molecule has 1 rings (SSSR count). The van der Waals surface area contributed by atoms with E-state index in [-0.39, 0.29) is 12.3 Å². The molecular formula is C14H20ClNO3. The number of halogens is 1. The van der Waals surface area contributed by atoms with Crippen LogP contribution in [0.5, 0.6) is 0 Å². The Morgan fingerprint density at radius 3 is 2.63 bits per heavy atom. The van der Waals surface area contributed by atoms with Crippen molar-refractivity contribution >= 4 is 17.5 Å². The molecule has 0 spiro atoms. The van der Waals surface area contributed by atoms with Gasteiger partial charge in [-0.3, -0.25) is 4.79 Å². The molecule has 1 atom stereocenters. The zero-order chi connectivity index (χ0) is 14.3. The molecule has 0 unspecified atom stereocenters. The molecule has 0 heterocycles. The largest absolute Gasteiger partial charge is 0.382 e. The lowest BCUT2D eigenvalue weighted by Gasteiger charge is -2.27. The highest BCUT2D eigenvalue weighted by atomic mass is 35.5. The minimum absolute atomic E-state index is 0.0903. The Bertz CT molecular complexity index is 425. The highest BCUT2D eigenvalue weighted by Gasteiger charge is 2.24. The summed E-state index contributed by atoms with van der Waals surface area (Å²) in [6, 6.07) is 7.31. The van der Waals surface area contributed by atoms with Crippen LogP contribution in [0.2, 0.25) is 5.02 Å². The third-order valence-electron chi connectivity index (χ3n) is 2.91. The SMILES string of the molecule is COC[C@@](C)(CNC(=O)Cc1ccccc1Cl)OC. The molecule has 0 radical (unpaired) electrons. The standard InChI is InChI=1S/C14H20ClNO3/c1-14(19-3,10-18-2)9-16-13(17)8-11-6-4-5-7-12(11)15/h4-7H,8-10H2,1-3H3,(H,16,17)/t14-/m1/s1. The zero-order valence-electron chi connectivity index (χ0n) is 11.5. The van der Waals surface area contributed by atoms with Gasteiger partial charge >= 0.3 is 0 Å². The minimum Gasteiger partial charge on any atom is -0.382 e. The average molecular weight is 286 g/mol. The van der Waals surface area contributed by atoms with Crippen molar-refractivity contribution in [3.05, 3.63) is 34.9 Å². The van der Waals surface area contributed by atoms with Gasteiger partial charge in [0.15, 0.2) is 0 Å². The number of carbonyl (C=O) groups excluding carboxylic acids is 1. The van der Waals surface area contributed by atoms with E-state index in [4.69, 9.17) is 21.1 Å². The van der Waals surface area contributed by atoms with Crippen LogP contribution >= 0.6 is 11.6 Å². The monoisotopic (exact) mass is 285 g/mol. The second kappa shape index (κ2) is 7.48. The zero-order valence-corrected chi connectivity index (χ0v) is 12.3. The number of amides is 1. The maximum Gasteiger partial charge on any atom is 0.224 e. The van der Waals surface area contributed by atoms with Crippen LogP contribution in [0.1, 0.15) is 12.5 Å². The Morgan fingerprint density at radius 1 is 1.37 bits per heavy atom. The molecule has 0 aliphatic heterocycles. The lowest BCUT2D eigenvalue weighted by atomic mass is 10.1. The summed E-state index contributed by atoms with van der Waals surface area (Å²) >= 11 is 6.01. The van der Waals surface area contributed by atoms with Gasteiger partial charge in [0.1, 0.15) is 5.60 Å². The lowest BCUT2D eigenvalue weighted by Crippen LogP contribution is -2.45. The number of rotatable bonds is 7. The van der Waals surface area contributed by atoms with Gasteiger partial charge in [-0.2, -0.15) is 0 Å². The fourth-order valence-corrected chi connectivity index (χ4v) is 1.85. The number of hydrogen-bond acceptors (Lipinski definition) is 3. The van der Waals surface area contributed by atoms with Gasteiger partial charge in [0.25, 0.3) is 0 Å². The molecule has 1 N–H and O–H groups in total. The van der Waals surface area contributed by atoms with Crippen LogP contribution < -0.4 is 5.32 Å². The highest BCUT2D eigenvalue weighted by molar-refractivity contribution is 6.31. The first-order valence-corrected chi connectivity index (χ1v) is 6.43. The maximum absolute atomic E-state index is 11.9.